The Labute approximate surface area is 175 Å². The van der Waals surface area contributed by atoms with Gasteiger partial charge in [0.05, 0.1) is 16.9 Å². The van der Waals surface area contributed by atoms with Crippen LogP contribution in [-0.2, 0) is 0 Å². The standard InChI is InChI=1S/C24H26N4O2/c1-17-7-6-8-21(15-17)28-24(30)22(18(2)26-28)16-25-20-11-9-19(10-12-20)23(29)27-13-4-3-5-14-27/h6-12,15-16,26H,3-5,13-14H2,1-2H3. The molecular weight excluding hydrogens is 376 g/mol. The van der Waals surface area contributed by atoms with E-state index in [1.54, 1.807) is 18.3 Å². The highest BCUT2D eigenvalue weighted by molar-refractivity contribution is 5.94. The van der Waals surface area contributed by atoms with Crippen LogP contribution in [0.25, 0.3) is 5.69 Å². The van der Waals surface area contributed by atoms with Crippen molar-refractivity contribution in [3.63, 3.8) is 0 Å². The van der Waals surface area contributed by atoms with Crippen LogP contribution >= 0.6 is 0 Å². The first-order valence-corrected chi connectivity index (χ1v) is 10.3. The highest BCUT2D eigenvalue weighted by Crippen LogP contribution is 2.17. The number of benzene rings is 2. The second kappa shape index (κ2) is 8.53. The number of aryl methyl sites for hydroxylation is 2. The molecule has 0 bridgehead atoms. The Kier molecular flexibility index (Phi) is 5.65. The summed E-state index contributed by atoms with van der Waals surface area (Å²) in [5.74, 6) is 0.0766. The SMILES string of the molecule is Cc1cccc(-n2[nH]c(C)c(C=Nc3ccc(C(=O)N4CCCCC4)cc3)c2=O)c1. The number of H-pyrrole nitrogens is 1. The minimum absolute atomic E-state index is 0.0766. The van der Waals surface area contributed by atoms with Crippen molar-refractivity contribution in [1.29, 1.82) is 0 Å². The van der Waals surface area contributed by atoms with Gasteiger partial charge in [-0.2, -0.15) is 0 Å². The Bertz CT molecular complexity index is 1130. The number of piperidine rings is 1. The summed E-state index contributed by atoms with van der Waals surface area (Å²) in [5, 5.41) is 3.12. The molecule has 1 saturated heterocycles. The molecule has 1 fully saturated rings. The minimum Gasteiger partial charge on any atom is -0.339 e. The number of carbonyl (C=O) groups is 1. The van der Waals surface area contributed by atoms with Crippen LogP contribution in [0.3, 0.4) is 0 Å². The Morgan fingerprint density at radius 1 is 1.03 bits per heavy atom. The summed E-state index contributed by atoms with van der Waals surface area (Å²) in [6.07, 6.45) is 4.93. The Morgan fingerprint density at radius 3 is 2.47 bits per heavy atom. The van der Waals surface area contributed by atoms with E-state index < -0.39 is 0 Å². The van der Waals surface area contributed by atoms with Gasteiger partial charge in [0.2, 0.25) is 0 Å². The normalized spacial score (nSPS) is 14.4. The molecule has 1 aliphatic rings. The van der Waals surface area contributed by atoms with Crippen molar-refractivity contribution < 1.29 is 4.79 Å². The number of nitrogens with zero attached hydrogens (tertiary/aromatic N) is 3. The van der Waals surface area contributed by atoms with E-state index in [2.05, 4.69) is 10.1 Å². The van der Waals surface area contributed by atoms with Crippen molar-refractivity contribution in [2.45, 2.75) is 33.1 Å². The number of rotatable bonds is 4. The predicted molar refractivity (Wildman–Crippen MR) is 119 cm³/mol. The van der Waals surface area contributed by atoms with Crippen LogP contribution in [0, 0.1) is 13.8 Å². The van der Waals surface area contributed by atoms with E-state index in [0.29, 0.717) is 16.8 Å². The molecule has 0 saturated carbocycles. The molecule has 6 nitrogen and oxygen atoms in total. The molecule has 154 valence electrons. The Balaban J connectivity index is 1.53. The summed E-state index contributed by atoms with van der Waals surface area (Å²) in [5.41, 5.74) is 4.39. The van der Waals surface area contributed by atoms with Crippen molar-refractivity contribution in [2.24, 2.45) is 4.99 Å². The maximum absolute atomic E-state index is 12.8. The average Bonchev–Trinajstić information content (AvgIpc) is 3.06. The summed E-state index contributed by atoms with van der Waals surface area (Å²) in [4.78, 5) is 31.8. The van der Waals surface area contributed by atoms with Crippen molar-refractivity contribution in [3.05, 3.63) is 81.3 Å². The number of hydrogen-bond donors (Lipinski definition) is 1. The summed E-state index contributed by atoms with van der Waals surface area (Å²) >= 11 is 0. The van der Waals surface area contributed by atoms with Gasteiger partial charge in [-0.15, -0.1) is 0 Å². The number of nitrogens with one attached hydrogen (secondary N) is 1. The number of aliphatic imine (C=N–C) groups is 1. The van der Waals surface area contributed by atoms with Gasteiger partial charge in [0.1, 0.15) is 0 Å². The zero-order chi connectivity index (χ0) is 21.1. The molecule has 6 heteroatoms. The first-order chi connectivity index (χ1) is 14.5. The van der Waals surface area contributed by atoms with Gasteiger partial charge < -0.3 is 4.90 Å². The van der Waals surface area contributed by atoms with E-state index in [-0.39, 0.29) is 11.5 Å². The lowest BCUT2D eigenvalue weighted by Gasteiger charge is -2.26. The van der Waals surface area contributed by atoms with Crippen LogP contribution in [0.1, 0.15) is 46.4 Å². The second-order valence-electron chi connectivity index (χ2n) is 7.79. The smallest absolute Gasteiger partial charge is 0.280 e. The number of aromatic nitrogens is 2. The van der Waals surface area contributed by atoms with Gasteiger partial charge in [-0.1, -0.05) is 12.1 Å². The monoisotopic (exact) mass is 402 g/mol. The topological polar surface area (TPSA) is 70.5 Å². The fourth-order valence-electron chi connectivity index (χ4n) is 3.77. The highest BCUT2D eigenvalue weighted by Gasteiger charge is 2.17. The lowest BCUT2D eigenvalue weighted by molar-refractivity contribution is 0.0724. The number of likely N-dealkylation sites (tertiary alicyclic amines) is 1. The van der Waals surface area contributed by atoms with Crippen LogP contribution < -0.4 is 5.56 Å². The first-order valence-electron chi connectivity index (χ1n) is 10.3. The van der Waals surface area contributed by atoms with E-state index in [1.807, 2.05) is 55.1 Å². The zero-order valence-electron chi connectivity index (χ0n) is 17.4. The van der Waals surface area contributed by atoms with Crippen LogP contribution in [-0.4, -0.2) is 39.9 Å². The third-order valence-electron chi connectivity index (χ3n) is 5.48. The largest absolute Gasteiger partial charge is 0.339 e. The molecule has 0 aliphatic carbocycles. The number of carbonyl (C=O) groups excluding carboxylic acids is 1. The fraction of sp³-hybridized carbons (Fsp3) is 0.292. The molecule has 0 spiro atoms. The molecule has 2 heterocycles. The van der Waals surface area contributed by atoms with Crippen molar-refractivity contribution >= 4 is 17.8 Å². The van der Waals surface area contributed by atoms with E-state index >= 15 is 0 Å². The van der Waals surface area contributed by atoms with Crippen LogP contribution in [0.15, 0.2) is 58.3 Å². The van der Waals surface area contributed by atoms with Gasteiger partial charge >= 0.3 is 0 Å². The van der Waals surface area contributed by atoms with Crippen LogP contribution in [0.5, 0.6) is 0 Å². The minimum atomic E-state index is -0.140. The van der Waals surface area contributed by atoms with Gasteiger partial charge in [-0.25, -0.2) is 4.68 Å². The molecule has 0 radical (unpaired) electrons. The fourth-order valence-corrected chi connectivity index (χ4v) is 3.77. The molecular formula is C24H26N4O2. The molecule has 0 unspecified atom stereocenters. The zero-order valence-corrected chi connectivity index (χ0v) is 17.4. The molecule has 1 aliphatic heterocycles. The predicted octanol–water partition coefficient (Wildman–Crippen LogP) is 4.16. The van der Waals surface area contributed by atoms with Crippen molar-refractivity contribution in [3.8, 4) is 5.69 Å². The maximum Gasteiger partial charge on any atom is 0.280 e. The van der Waals surface area contributed by atoms with Crippen LogP contribution in [0.2, 0.25) is 0 Å². The number of aromatic amines is 1. The third-order valence-corrected chi connectivity index (χ3v) is 5.48. The van der Waals surface area contributed by atoms with E-state index in [1.165, 1.54) is 11.1 Å². The molecule has 1 N–H and O–H groups in total. The van der Waals surface area contributed by atoms with Gasteiger partial charge in [-0.05, 0) is 75.1 Å². The lowest BCUT2D eigenvalue weighted by Crippen LogP contribution is -2.35. The molecule has 0 atom stereocenters. The summed E-state index contributed by atoms with van der Waals surface area (Å²) in [6, 6.07) is 15.0. The molecule has 4 rings (SSSR count). The van der Waals surface area contributed by atoms with Gasteiger partial charge in [0.25, 0.3) is 11.5 Å². The van der Waals surface area contributed by atoms with Gasteiger partial charge in [0.15, 0.2) is 0 Å². The molecule has 30 heavy (non-hydrogen) atoms. The van der Waals surface area contributed by atoms with Crippen molar-refractivity contribution in [2.75, 3.05) is 13.1 Å². The summed E-state index contributed by atoms with van der Waals surface area (Å²) in [7, 11) is 0. The summed E-state index contributed by atoms with van der Waals surface area (Å²) in [6.45, 7) is 5.51. The van der Waals surface area contributed by atoms with Gasteiger partial charge in [0, 0.05) is 30.6 Å². The second-order valence-corrected chi connectivity index (χ2v) is 7.79. The maximum atomic E-state index is 12.8. The van der Waals surface area contributed by atoms with E-state index in [9.17, 15) is 9.59 Å². The summed E-state index contributed by atoms with van der Waals surface area (Å²) < 4.78 is 1.53. The van der Waals surface area contributed by atoms with Gasteiger partial charge in [-0.3, -0.25) is 19.7 Å². The molecule has 2 aromatic carbocycles. The third kappa shape index (κ3) is 4.13. The molecule has 1 amide bonds. The van der Waals surface area contributed by atoms with Crippen molar-refractivity contribution in [1.82, 2.24) is 14.7 Å². The highest BCUT2D eigenvalue weighted by atomic mass is 16.2. The number of hydrogen-bond acceptors (Lipinski definition) is 3. The molecule has 3 aromatic rings. The number of amides is 1. The average molecular weight is 402 g/mol. The lowest BCUT2D eigenvalue weighted by atomic mass is 10.1. The molecule has 1 aromatic heterocycles. The Hall–Kier alpha value is -3.41. The Morgan fingerprint density at radius 2 is 1.77 bits per heavy atom. The quantitative estimate of drug-likeness (QED) is 0.666. The van der Waals surface area contributed by atoms with E-state index in [0.717, 1.165) is 42.9 Å². The van der Waals surface area contributed by atoms with E-state index in [4.69, 9.17) is 0 Å². The first kappa shape index (κ1) is 19.9. The van der Waals surface area contributed by atoms with Crippen LogP contribution in [0.4, 0.5) is 5.69 Å².